The number of hydrogen-bond acceptors (Lipinski definition) is 4. The van der Waals surface area contributed by atoms with Crippen LogP contribution in [0.5, 0.6) is 11.5 Å². The maximum Gasteiger partial charge on any atom is 0.255 e. The number of nitrogens with one attached hydrogen (secondary N) is 1. The van der Waals surface area contributed by atoms with Crippen molar-refractivity contribution in [3.05, 3.63) is 47.2 Å². The highest BCUT2D eigenvalue weighted by Crippen LogP contribution is 2.26. The summed E-state index contributed by atoms with van der Waals surface area (Å²) in [5, 5.41) is 21.4. The predicted molar refractivity (Wildman–Crippen MR) is 67.0 cm³/mol. The second-order valence-corrected chi connectivity index (χ2v) is 3.92. The summed E-state index contributed by atoms with van der Waals surface area (Å²) in [4.78, 5) is 15.7. The molecule has 0 spiro atoms. The number of aromatic hydroxyl groups is 2. The molecule has 6 heteroatoms. The number of anilines is 1. The summed E-state index contributed by atoms with van der Waals surface area (Å²) in [6, 6.07) is 5.32. The first kappa shape index (κ1) is 12.2. The predicted octanol–water partition coefficient (Wildman–Crippen LogP) is 2.40. The molecule has 0 aliphatic carbocycles. The van der Waals surface area contributed by atoms with E-state index in [2.05, 4.69) is 10.3 Å². The van der Waals surface area contributed by atoms with Crippen LogP contribution in [-0.2, 0) is 0 Å². The van der Waals surface area contributed by atoms with E-state index in [0.29, 0.717) is 10.7 Å². The van der Waals surface area contributed by atoms with Crippen molar-refractivity contribution in [3.8, 4) is 11.5 Å². The zero-order valence-electron chi connectivity index (χ0n) is 9.09. The Balaban J connectivity index is 2.22. The molecule has 1 amide bonds. The average Bonchev–Trinajstić information content (AvgIpc) is 2.35. The van der Waals surface area contributed by atoms with E-state index in [1.165, 1.54) is 24.5 Å². The van der Waals surface area contributed by atoms with Crippen LogP contribution in [0.1, 0.15) is 10.4 Å². The van der Waals surface area contributed by atoms with Gasteiger partial charge in [0.05, 0.1) is 16.9 Å². The number of benzene rings is 1. The summed E-state index contributed by atoms with van der Waals surface area (Å²) in [6.45, 7) is 0. The number of carbonyl (C=O) groups is 1. The Kier molecular flexibility index (Phi) is 3.34. The molecule has 1 aromatic heterocycles. The van der Waals surface area contributed by atoms with Crippen molar-refractivity contribution in [2.45, 2.75) is 0 Å². The van der Waals surface area contributed by atoms with Gasteiger partial charge in [0.1, 0.15) is 0 Å². The lowest BCUT2D eigenvalue weighted by molar-refractivity contribution is 0.102. The van der Waals surface area contributed by atoms with Crippen molar-refractivity contribution >= 4 is 23.2 Å². The Hall–Kier alpha value is -2.27. The lowest BCUT2D eigenvalue weighted by Gasteiger charge is -2.07. The fourth-order valence-corrected chi connectivity index (χ4v) is 1.48. The molecule has 1 heterocycles. The van der Waals surface area contributed by atoms with E-state index >= 15 is 0 Å². The summed E-state index contributed by atoms with van der Waals surface area (Å²) in [6.07, 6.45) is 2.92. The minimum Gasteiger partial charge on any atom is -0.504 e. The van der Waals surface area contributed by atoms with Crippen LogP contribution in [0.3, 0.4) is 0 Å². The summed E-state index contributed by atoms with van der Waals surface area (Å²) >= 11 is 5.87. The number of nitrogens with zero attached hydrogens (tertiary/aromatic N) is 1. The molecule has 2 rings (SSSR count). The number of hydrogen-bond donors (Lipinski definition) is 3. The molecule has 18 heavy (non-hydrogen) atoms. The largest absolute Gasteiger partial charge is 0.504 e. The van der Waals surface area contributed by atoms with Gasteiger partial charge in [0.2, 0.25) is 0 Å². The molecule has 1 aromatic carbocycles. The first-order valence-electron chi connectivity index (χ1n) is 5.01. The first-order valence-corrected chi connectivity index (χ1v) is 5.38. The smallest absolute Gasteiger partial charge is 0.255 e. The molecule has 92 valence electrons. The third kappa shape index (κ3) is 2.52. The minimum absolute atomic E-state index is 0.199. The van der Waals surface area contributed by atoms with Crippen molar-refractivity contribution in [2.24, 2.45) is 0 Å². The standard InChI is InChI=1S/C12H9ClN2O3/c13-8-3-4-14-6-9(8)15-12(18)7-1-2-10(16)11(17)5-7/h1-6,16-17H,(H,15,18). The van der Waals surface area contributed by atoms with Gasteiger partial charge in [0, 0.05) is 11.8 Å². The summed E-state index contributed by atoms with van der Waals surface area (Å²) in [7, 11) is 0. The van der Waals surface area contributed by atoms with Crippen LogP contribution in [0.15, 0.2) is 36.7 Å². The molecule has 0 aliphatic rings. The fraction of sp³-hybridized carbons (Fsp3) is 0. The van der Waals surface area contributed by atoms with Gasteiger partial charge >= 0.3 is 0 Å². The quantitative estimate of drug-likeness (QED) is 0.728. The molecular formula is C12H9ClN2O3. The van der Waals surface area contributed by atoms with E-state index in [1.54, 1.807) is 6.07 Å². The van der Waals surface area contributed by atoms with E-state index in [1.807, 2.05) is 0 Å². The van der Waals surface area contributed by atoms with Crippen LogP contribution >= 0.6 is 11.6 Å². The number of halogens is 1. The molecular weight excluding hydrogens is 256 g/mol. The minimum atomic E-state index is -0.458. The molecule has 0 atom stereocenters. The van der Waals surface area contributed by atoms with Gasteiger partial charge in [-0.2, -0.15) is 0 Å². The number of carbonyl (C=O) groups excluding carboxylic acids is 1. The SMILES string of the molecule is O=C(Nc1cnccc1Cl)c1ccc(O)c(O)c1. The number of aromatic nitrogens is 1. The Morgan fingerprint density at radius 1 is 1.22 bits per heavy atom. The van der Waals surface area contributed by atoms with Crippen LogP contribution in [0.4, 0.5) is 5.69 Å². The maximum absolute atomic E-state index is 11.8. The topological polar surface area (TPSA) is 82.5 Å². The normalized spacial score (nSPS) is 10.1. The fourth-order valence-electron chi connectivity index (χ4n) is 1.33. The molecule has 2 aromatic rings. The summed E-state index contributed by atoms with van der Waals surface area (Å²) in [5.41, 5.74) is 0.571. The summed E-state index contributed by atoms with van der Waals surface area (Å²) in [5.74, 6) is -1.11. The molecule has 0 bridgehead atoms. The van der Waals surface area contributed by atoms with Gasteiger partial charge in [-0.25, -0.2) is 0 Å². The Bertz CT molecular complexity index is 602. The van der Waals surface area contributed by atoms with Crippen molar-refractivity contribution in [2.75, 3.05) is 5.32 Å². The lowest BCUT2D eigenvalue weighted by atomic mass is 10.2. The van der Waals surface area contributed by atoms with Gasteiger partial charge in [-0.05, 0) is 24.3 Å². The first-order chi connectivity index (χ1) is 8.58. The maximum atomic E-state index is 11.8. The van der Waals surface area contributed by atoms with Gasteiger partial charge in [0.25, 0.3) is 5.91 Å². The summed E-state index contributed by atoms with van der Waals surface area (Å²) < 4.78 is 0. The van der Waals surface area contributed by atoms with E-state index < -0.39 is 5.91 Å². The van der Waals surface area contributed by atoms with E-state index in [-0.39, 0.29) is 17.1 Å². The number of pyridine rings is 1. The van der Waals surface area contributed by atoms with E-state index in [0.717, 1.165) is 6.07 Å². The zero-order valence-corrected chi connectivity index (χ0v) is 9.85. The molecule has 0 aliphatic heterocycles. The van der Waals surface area contributed by atoms with Crippen molar-refractivity contribution in [1.82, 2.24) is 4.98 Å². The average molecular weight is 265 g/mol. The molecule has 0 saturated carbocycles. The molecule has 0 saturated heterocycles. The number of amides is 1. The second-order valence-electron chi connectivity index (χ2n) is 3.51. The molecule has 0 unspecified atom stereocenters. The Labute approximate surface area is 108 Å². The van der Waals surface area contributed by atoms with E-state index in [4.69, 9.17) is 16.7 Å². The Morgan fingerprint density at radius 3 is 2.67 bits per heavy atom. The van der Waals surface area contributed by atoms with Gasteiger partial charge in [0.15, 0.2) is 11.5 Å². The highest BCUT2D eigenvalue weighted by atomic mass is 35.5. The van der Waals surface area contributed by atoms with Crippen LogP contribution in [0, 0.1) is 0 Å². The highest BCUT2D eigenvalue weighted by molar-refractivity contribution is 6.33. The number of phenolic OH excluding ortho intramolecular Hbond substituents is 2. The zero-order chi connectivity index (χ0) is 13.1. The van der Waals surface area contributed by atoms with Gasteiger partial charge < -0.3 is 15.5 Å². The van der Waals surface area contributed by atoms with Crippen LogP contribution < -0.4 is 5.32 Å². The molecule has 0 radical (unpaired) electrons. The lowest BCUT2D eigenvalue weighted by Crippen LogP contribution is -2.12. The number of rotatable bonds is 2. The van der Waals surface area contributed by atoms with Gasteiger partial charge in [-0.15, -0.1) is 0 Å². The van der Waals surface area contributed by atoms with E-state index in [9.17, 15) is 9.90 Å². The van der Waals surface area contributed by atoms with Crippen molar-refractivity contribution < 1.29 is 15.0 Å². The monoisotopic (exact) mass is 264 g/mol. The van der Waals surface area contributed by atoms with Crippen molar-refractivity contribution in [3.63, 3.8) is 0 Å². The van der Waals surface area contributed by atoms with Gasteiger partial charge in [-0.3, -0.25) is 9.78 Å². The van der Waals surface area contributed by atoms with Crippen LogP contribution in [0.25, 0.3) is 0 Å². The number of phenols is 2. The molecule has 5 nitrogen and oxygen atoms in total. The molecule has 0 fully saturated rings. The third-order valence-corrected chi connectivity index (χ3v) is 2.58. The molecule has 3 N–H and O–H groups in total. The van der Waals surface area contributed by atoms with Crippen molar-refractivity contribution in [1.29, 1.82) is 0 Å². The highest BCUT2D eigenvalue weighted by Gasteiger charge is 2.10. The van der Waals surface area contributed by atoms with Crippen LogP contribution in [-0.4, -0.2) is 21.1 Å². The second kappa shape index (κ2) is 4.93. The third-order valence-electron chi connectivity index (χ3n) is 2.25. The van der Waals surface area contributed by atoms with Crippen LogP contribution in [0.2, 0.25) is 5.02 Å². The Morgan fingerprint density at radius 2 is 2.00 bits per heavy atom. The van der Waals surface area contributed by atoms with Gasteiger partial charge in [-0.1, -0.05) is 11.6 Å².